The first-order valence-corrected chi connectivity index (χ1v) is 11.6. The number of nitrogens with one attached hydrogen (secondary N) is 2. The van der Waals surface area contributed by atoms with Gasteiger partial charge in [0.2, 0.25) is 0 Å². The summed E-state index contributed by atoms with van der Waals surface area (Å²) in [6, 6.07) is 13.9. The van der Waals surface area contributed by atoms with Gasteiger partial charge in [-0.15, -0.1) is 0 Å². The Kier molecular flexibility index (Phi) is 7.45. The smallest absolute Gasteiger partial charge is 0.251 e. The molecule has 32 heavy (non-hydrogen) atoms. The van der Waals surface area contributed by atoms with Crippen LogP contribution < -0.4 is 10.2 Å². The Balaban J connectivity index is 1.47. The van der Waals surface area contributed by atoms with E-state index in [1.54, 1.807) is 7.11 Å². The molecule has 6 heteroatoms. The number of aliphatic hydroxyl groups excluding tert-OH is 1. The fourth-order valence-electron chi connectivity index (χ4n) is 4.53. The van der Waals surface area contributed by atoms with Crippen LogP contribution in [0.5, 0.6) is 0 Å². The summed E-state index contributed by atoms with van der Waals surface area (Å²) >= 11 is 0. The van der Waals surface area contributed by atoms with Crippen molar-refractivity contribution in [3.63, 3.8) is 0 Å². The van der Waals surface area contributed by atoms with Crippen LogP contribution in [0.25, 0.3) is 10.9 Å². The lowest BCUT2D eigenvalue weighted by Crippen LogP contribution is -2.30. The minimum atomic E-state index is -0.563. The third kappa shape index (κ3) is 5.14. The van der Waals surface area contributed by atoms with Crippen LogP contribution in [0.15, 0.2) is 48.7 Å². The van der Waals surface area contributed by atoms with E-state index >= 15 is 0 Å². The van der Waals surface area contributed by atoms with Crippen molar-refractivity contribution in [3.8, 4) is 0 Å². The van der Waals surface area contributed by atoms with Crippen molar-refractivity contribution in [1.82, 2.24) is 10.3 Å². The van der Waals surface area contributed by atoms with Gasteiger partial charge in [-0.05, 0) is 49.1 Å². The van der Waals surface area contributed by atoms with E-state index in [1.807, 2.05) is 36.5 Å². The molecule has 1 unspecified atom stereocenters. The maximum Gasteiger partial charge on any atom is 0.251 e. The van der Waals surface area contributed by atoms with E-state index in [1.165, 1.54) is 10.9 Å². The molecule has 1 aliphatic rings. The molecular formula is C26H33N3O3. The third-order valence-electron chi connectivity index (χ3n) is 6.32. The molecule has 2 aromatic carbocycles. The normalized spacial score (nSPS) is 16.8. The molecule has 2 heterocycles. The Morgan fingerprint density at radius 1 is 1.22 bits per heavy atom. The van der Waals surface area contributed by atoms with Crippen LogP contribution in [-0.4, -0.2) is 49.3 Å². The summed E-state index contributed by atoms with van der Waals surface area (Å²) < 4.78 is 5.28. The molecule has 1 aromatic heterocycles. The molecule has 6 nitrogen and oxygen atoms in total. The molecule has 1 atom stereocenters. The number of hydrogen-bond donors (Lipinski definition) is 3. The van der Waals surface area contributed by atoms with Crippen molar-refractivity contribution in [3.05, 3.63) is 65.4 Å². The fraction of sp³-hybridized carbons (Fsp3) is 0.423. The number of rotatable bonds is 7. The number of ether oxygens (including phenoxy) is 1. The zero-order chi connectivity index (χ0) is 22.3. The van der Waals surface area contributed by atoms with Crippen LogP contribution in [0.2, 0.25) is 0 Å². The molecule has 0 fully saturated rings. The molecule has 0 saturated heterocycles. The summed E-state index contributed by atoms with van der Waals surface area (Å²) in [5.74, 6) is -0.108. The van der Waals surface area contributed by atoms with Crippen LogP contribution in [0, 0.1) is 0 Å². The first-order chi connectivity index (χ1) is 15.7. The van der Waals surface area contributed by atoms with Gasteiger partial charge < -0.3 is 25.0 Å². The zero-order valence-electron chi connectivity index (χ0n) is 18.8. The van der Waals surface area contributed by atoms with Gasteiger partial charge in [0, 0.05) is 60.7 Å². The SMILES string of the molecule is COCCN1CCCCCC(O)c2cc(C(=O)NCCc3c[nH]c4ccccc34)ccc21. The van der Waals surface area contributed by atoms with Gasteiger partial charge in [-0.25, -0.2) is 0 Å². The van der Waals surface area contributed by atoms with Crippen molar-refractivity contribution in [1.29, 1.82) is 0 Å². The van der Waals surface area contributed by atoms with Crippen LogP contribution in [0.3, 0.4) is 0 Å². The summed E-state index contributed by atoms with van der Waals surface area (Å²) in [6.45, 7) is 2.89. The second kappa shape index (κ2) is 10.7. The molecule has 1 aliphatic heterocycles. The summed E-state index contributed by atoms with van der Waals surface area (Å²) in [6.07, 6.45) is 6.09. The van der Waals surface area contributed by atoms with Gasteiger partial charge in [-0.1, -0.05) is 31.0 Å². The monoisotopic (exact) mass is 435 g/mol. The number of aliphatic hydroxyl groups is 1. The fourth-order valence-corrected chi connectivity index (χ4v) is 4.53. The van der Waals surface area contributed by atoms with Crippen molar-refractivity contribution < 1.29 is 14.6 Å². The molecule has 3 N–H and O–H groups in total. The third-order valence-corrected chi connectivity index (χ3v) is 6.32. The van der Waals surface area contributed by atoms with E-state index in [-0.39, 0.29) is 5.91 Å². The van der Waals surface area contributed by atoms with Gasteiger partial charge in [0.15, 0.2) is 0 Å². The predicted octanol–water partition coefficient (Wildman–Crippen LogP) is 4.20. The molecule has 0 saturated carbocycles. The molecule has 3 aromatic rings. The maximum atomic E-state index is 12.9. The second-order valence-corrected chi connectivity index (χ2v) is 8.48. The lowest BCUT2D eigenvalue weighted by atomic mass is 9.99. The summed E-state index contributed by atoms with van der Waals surface area (Å²) in [4.78, 5) is 18.4. The van der Waals surface area contributed by atoms with Gasteiger partial charge >= 0.3 is 0 Å². The topological polar surface area (TPSA) is 77.6 Å². The van der Waals surface area contributed by atoms with Gasteiger partial charge in [0.25, 0.3) is 5.91 Å². The van der Waals surface area contributed by atoms with E-state index < -0.39 is 6.10 Å². The number of anilines is 1. The molecule has 0 radical (unpaired) electrons. The molecule has 0 spiro atoms. The minimum absolute atomic E-state index is 0.108. The number of benzene rings is 2. The highest BCUT2D eigenvalue weighted by atomic mass is 16.5. The van der Waals surface area contributed by atoms with Crippen LogP contribution in [0.4, 0.5) is 5.69 Å². The highest BCUT2D eigenvalue weighted by molar-refractivity contribution is 5.95. The van der Waals surface area contributed by atoms with Crippen molar-refractivity contribution in [2.75, 3.05) is 38.3 Å². The minimum Gasteiger partial charge on any atom is -0.388 e. The van der Waals surface area contributed by atoms with Gasteiger partial charge in [0.05, 0.1) is 12.7 Å². The number of hydrogen-bond acceptors (Lipinski definition) is 4. The van der Waals surface area contributed by atoms with Gasteiger partial charge in [-0.2, -0.15) is 0 Å². The molecular weight excluding hydrogens is 402 g/mol. The summed E-state index contributed by atoms with van der Waals surface area (Å²) in [5, 5.41) is 15.1. The van der Waals surface area contributed by atoms with Crippen LogP contribution in [-0.2, 0) is 11.2 Å². The standard InChI is InChI=1S/C26H33N3O3/c1-32-16-15-29-14-6-2-3-9-25(30)22-17-19(10-11-24(22)29)26(31)27-13-12-20-18-28-23-8-5-4-7-21(20)23/h4-5,7-8,10-11,17-18,25,28,30H,2-3,6,9,12-16H2,1H3,(H,27,31). The average molecular weight is 436 g/mol. The van der Waals surface area contributed by atoms with E-state index in [2.05, 4.69) is 27.3 Å². The summed E-state index contributed by atoms with van der Waals surface area (Å²) in [5.41, 5.74) is 4.74. The van der Waals surface area contributed by atoms with E-state index in [9.17, 15) is 9.90 Å². The maximum absolute atomic E-state index is 12.9. The Hall–Kier alpha value is -2.83. The van der Waals surface area contributed by atoms with E-state index in [0.717, 1.165) is 62.0 Å². The quantitative estimate of drug-likeness (QED) is 0.520. The van der Waals surface area contributed by atoms with Crippen molar-refractivity contribution in [2.24, 2.45) is 0 Å². The van der Waals surface area contributed by atoms with Crippen molar-refractivity contribution >= 4 is 22.5 Å². The number of carbonyl (C=O) groups excluding carboxylic acids is 1. The molecule has 0 bridgehead atoms. The average Bonchev–Trinajstić information content (AvgIpc) is 3.25. The molecule has 170 valence electrons. The molecule has 0 aliphatic carbocycles. The Bertz CT molecular complexity index is 1050. The van der Waals surface area contributed by atoms with Crippen molar-refractivity contribution in [2.45, 2.75) is 38.2 Å². The number of methoxy groups -OCH3 is 1. The van der Waals surface area contributed by atoms with Gasteiger partial charge in [0.1, 0.15) is 0 Å². The summed E-state index contributed by atoms with van der Waals surface area (Å²) in [7, 11) is 1.70. The first-order valence-electron chi connectivity index (χ1n) is 11.6. The lowest BCUT2D eigenvalue weighted by Gasteiger charge is -2.28. The van der Waals surface area contributed by atoms with E-state index in [4.69, 9.17) is 4.74 Å². The highest BCUT2D eigenvalue weighted by Gasteiger charge is 2.21. The lowest BCUT2D eigenvalue weighted by molar-refractivity contribution is 0.0953. The molecule has 1 amide bonds. The molecule has 4 rings (SSSR count). The Morgan fingerprint density at radius 2 is 2.09 bits per heavy atom. The predicted molar refractivity (Wildman–Crippen MR) is 128 cm³/mol. The number of H-pyrrole nitrogens is 1. The largest absolute Gasteiger partial charge is 0.388 e. The highest BCUT2D eigenvalue weighted by Crippen LogP contribution is 2.32. The van der Waals surface area contributed by atoms with E-state index in [0.29, 0.717) is 18.7 Å². The number of aromatic nitrogens is 1. The number of carbonyl (C=O) groups is 1. The number of aromatic amines is 1. The van der Waals surface area contributed by atoms with Gasteiger partial charge in [-0.3, -0.25) is 4.79 Å². The number of nitrogens with zero attached hydrogens (tertiary/aromatic N) is 1. The Labute approximate surface area is 189 Å². The number of fused-ring (bicyclic) bond motifs is 2. The zero-order valence-corrected chi connectivity index (χ0v) is 18.8. The van der Waals surface area contributed by atoms with Crippen LogP contribution in [0.1, 0.15) is 53.3 Å². The second-order valence-electron chi connectivity index (χ2n) is 8.48. The first kappa shape index (κ1) is 22.4. The number of para-hydroxylation sites is 1. The Morgan fingerprint density at radius 3 is 2.97 bits per heavy atom. The number of amides is 1. The van der Waals surface area contributed by atoms with Crippen LogP contribution >= 0.6 is 0 Å².